The van der Waals surface area contributed by atoms with Crippen LogP contribution in [0.1, 0.15) is 34.6 Å². The van der Waals surface area contributed by atoms with E-state index in [-0.39, 0.29) is 0 Å². The summed E-state index contributed by atoms with van der Waals surface area (Å²) in [6.45, 7) is 14.2. The zero-order chi connectivity index (χ0) is 11.8. The molecule has 0 aromatic heterocycles. The van der Waals surface area contributed by atoms with Crippen LogP contribution in [-0.2, 0) is 0 Å². The molecule has 0 bridgehead atoms. The molecule has 0 aliphatic rings. The molecule has 0 spiro atoms. The second-order valence-corrected chi connectivity index (χ2v) is 3.89. The van der Waals surface area contributed by atoms with Gasteiger partial charge in [0.1, 0.15) is 0 Å². The summed E-state index contributed by atoms with van der Waals surface area (Å²) in [4.78, 5) is 0. The van der Waals surface area contributed by atoms with Gasteiger partial charge in [-0.15, -0.1) is 0 Å². The lowest BCUT2D eigenvalue weighted by Gasteiger charge is -2.18. The molecular weight excluding hydrogens is 182 g/mol. The molecule has 1 nitrogen and oxygen atoms in total. The zero-order valence-corrected chi connectivity index (χ0v) is 10.6. The molecule has 0 rings (SSSR count). The van der Waals surface area contributed by atoms with Gasteiger partial charge in [-0.25, -0.2) is 0 Å². The monoisotopic (exact) mass is 205 g/mol. The van der Waals surface area contributed by atoms with Crippen molar-refractivity contribution in [2.75, 3.05) is 0 Å². The second kappa shape index (κ2) is 7.10. The highest BCUT2D eigenvalue weighted by molar-refractivity contribution is 5.28. The number of nitrogens with one attached hydrogen (secondary N) is 1. The van der Waals surface area contributed by atoms with Crippen LogP contribution in [0.3, 0.4) is 0 Å². The number of hydrogen-bond donors (Lipinski definition) is 1. The van der Waals surface area contributed by atoms with Crippen molar-refractivity contribution in [3.63, 3.8) is 0 Å². The van der Waals surface area contributed by atoms with E-state index in [1.807, 2.05) is 25.2 Å². The maximum Gasteiger partial charge on any atom is 0.0482 e. The van der Waals surface area contributed by atoms with Crippen LogP contribution in [0.4, 0.5) is 0 Å². The Hall–Kier alpha value is -1.24. The molecule has 1 unspecified atom stereocenters. The zero-order valence-electron chi connectivity index (χ0n) is 10.6. The first-order valence-electron chi connectivity index (χ1n) is 5.38. The van der Waals surface area contributed by atoms with Crippen molar-refractivity contribution in [1.29, 1.82) is 0 Å². The van der Waals surface area contributed by atoms with Crippen molar-refractivity contribution < 1.29 is 0 Å². The molecular formula is C14H23N. The van der Waals surface area contributed by atoms with Gasteiger partial charge < -0.3 is 5.32 Å². The van der Waals surface area contributed by atoms with Crippen LogP contribution in [0.2, 0.25) is 0 Å². The molecule has 0 saturated heterocycles. The van der Waals surface area contributed by atoms with Crippen molar-refractivity contribution in [1.82, 2.24) is 5.32 Å². The Labute approximate surface area is 94.3 Å². The standard InChI is InChI=1S/C14H23N/c1-7-9-14(10-8-2)13(6)15-12(5)11(3)4/h7-10,13,15H,1H2,2-6H3/b10-8-,14-9+. The maximum atomic E-state index is 3.73. The van der Waals surface area contributed by atoms with E-state index in [0.717, 1.165) is 0 Å². The smallest absolute Gasteiger partial charge is 0.0482 e. The Kier molecular flexibility index (Phi) is 6.52. The molecule has 1 N–H and O–H groups in total. The Bertz CT molecular complexity index is 288. The van der Waals surface area contributed by atoms with Crippen molar-refractivity contribution in [3.8, 4) is 0 Å². The van der Waals surface area contributed by atoms with E-state index in [0.29, 0.717) is 6.04 Å². The highest BCUT2D eigenvalue weighted by Crippen LogP contribution is 2.08. The van der Waals surface area contributed by atoms with Gasteiger partial charge in [-0.3, -0.25) is 0 Å². The Morgan fingerprint density at radius 1 is 1.27 bits per heavy atom. The topological polar surface area (TPSA) is 12.0 Å². The van der Waals surface area contributed by atoms with Gasteiger partial charge in [0.05, 0.1) is 0 Å². The molecule has 0 heterocycles. The predicted molar refractivity (Wildman–Crippen MR) is 69.7 cm³/mol. The van der Waals surface area contributed by atoms with Crippen molar-refractivity contribution >= 4 is 0 Å². The van der Waals surface area contributed by atoms with Crippen LogP contribution >= 0.6 is 0 Å². The van der Waals surface area contributed by atoms with E-state index in [9.17, 15) is 0 Å². The minimum Gasteiger partial charge on any atom is -0.382 e. The summed E-state index contributed by atoms with van der Waals surface area (Å²) in [7, 11) is 0. The van der Waals surface area contributed by atoms with Gasteiger partial charge in [-0.2, -0.15) is 0 Å². The van der Waals surface area contributed by atoms with Crippen molar-refractivity contribution in [2.45, 2.75) is 40.7 Å². The Morgan fingerprint density at radius 2 is 1.87 bits per heavy atom. The van der Waals surface area contributed by atoms with Crippen LogP contribution < -0.4 is 5.32 Å². The fourth-order valence-corrected chi connectivity index (χ4v) is 1.23. The quantitative estimate of drug-likeness (QED) is 0.670. The number of hydrogen-bond acceptors (Lipinski definition) is 1. The van der Waals surface area contributed by atoms with E-state index in [4.69, 9.17) is 0 Å². The van der Waals surface area contributed by atoms with Crippen LogP contribution in [0, 0.1) is 0 Å². The van der Waals surface area contributed by atoms with Gasteiger partial charge in [0.2, 0.25) is 0 Å². The van der Waals surface area contributed by atoms with Gasteiger partial charge in [-0.1, -0.05) is 36.5 Å². The third kappa shape index (κ3) is 5.26. The molecule has 0 fully saturated rings. The van der Waals surface area contributed by atoms with Crippen LogP contribution in [0.15, 0.2) is 47.7 Å². The third-order valence-corrected chi connectivity index (χ3v) is 2.35. The fraction of sp³-hybridized carbons (Fsp3) is 0.429. The van der Waals surface area contributed by atoms with Crippen molar-refractivity contribution in [3.05, 3.63) is 47.7 Å². The lowest BCUT2D eigenvalue weighted by atomic mass is 10.1. The molecule has 15 heavy (non-hydrogen) atoms. The molecule has 0 amide bonds. The van der Waals surface area contributed by atoms with Crippen LogP contribution in [-0.4, -0.2) is 6.04 Å². The van der Waals surface area contributed by atoms with Crippen LogP contribution in [0.5, 0.6) is 0 Å². The molecule has 0 aliphatic carbocycles. The van der Waals surface area contributed by atoms with E-state index < -0.39 is 0 Å². The minimum atomic E-state index is 0.314. The lowest BCUT2D eigenvalue weighted by Crippen LogP contribution is -2.26. The summed E-state index contributed by atoms with van der Waals surface area (Å²) in [5, 5.41) is 3.46. The first-order valence-corrected chi connectivity index (χ1v) is 5.38. The highest BCUT2D eigenvalue weighted by Gasteiger charge is 2.04. The van der Waals surface area contributed by atoms with Crippen molar-refractivity contribution in [2.24, 2.45) is 0 Å². The molecule has 0 aromatic rings. The van der Waals surface area contributed by atoms with Crippen LogP contribution in [0.25, 0.3) is 0 Å². The summed E-state index contributed by atoms with van der Waals surface area (Å²) in [5.41, 5.74) is 3.80. The Balaban J connectivity index is 4.67. The third-order valence-electron chi connectivity index (χ3n) is 2.35. The summed E-state index contributed by atoms with van der Waals surface area (Å²) < 4.78 is 0. The van der Waals surface area contributed by atoms with E-state index in [1.165, 1.54) is 16.8 Å². The normalized spacial score (nSPS) is 13.8. The predicted octanol–water partition coefficient (Wildman–Crippen LogP) is 3.97. The maximum absolute atomic E-state index is 3.73. The first-order chi connectivity index (χ1) is 7.02. The minimum absolute atomic E-state index is 0.314. The van der Waals surface area contributed by atoms with Gasteiger partial charge in [-0.05, 0) is 40.2 Å². The van der Waals surface area contributed by atoms with E-state index in [1.54, 1.807) is 0 Å². The average Bonchev–Trinajstić information content (AvgIpc) is 2.17. The molecule has 84 valence electrons. The lowest BCUT2D eigenvalue weighted by molar-refractivity contribution is 0.697. The highest BCUT2D eigenvalue weighted by atomic mass is 14.9. The first kappa shape index (κ1) is 13.8. The van der Waals surface area contributed by atoms with Gasteiger partial charge in [0, 0.05) is 11.7 Å². The average molecular weight is 205 g/mol. The molecule has 1 heteroatoms. The fourth-order valence-electron chi connectivity index (χ4n) is 1.23. The van der Waals surface area contributed by atoms with Gasteiger partial charge in [0.25, 0.3) is 0 Å². The molecule has 0 aromatic carbocycles. The largest absolute Gasteiger partial charge is 0.382 e. The summed E-state index contributed by atoms with van der Waals surface area (Å²) >= 11 is 0. The number of rotatable bonds is 5. The Morgan fingerprint density at radius 3 is 2.27 bits per heavy atom. The summed E-state index contributed by atoms with van der Waals surface area (Å²) in [6, 6.07) is 0.314. The molecule has 0 aliphatic heterocycles. The summed E-state index contributed by atoms with van der Waals surface area (Å²) in [6.07, 6.45) is 8.02. The SMILES string of the molecule is C=C/C=C(\C=C/C)C(C)NC(C)=C(C)C. The summed E-state index contributed by atoms with van der Waals surface area (Å²) in [5.74, 6) is 0. The van der Waals surface area contributed by atoms with Gasteiger partial charge >= 0.3 is 0 Å². The van der Waals surface area contributed by atoms with Gasteiger partial charge in [0.15, 0.2) is 0 Å². The van der Waals surface area contributed by atoms with E-state index >= 15 is 0 Å². The second-order valence-electron chi connectivity index (χ2n) is 3.89. The number of allylic oxidation sites excluding steroid dienone is 5. The molecule has 0 saturated carbocycles. The molecule has 1 atom stereocenters. The van der Waals surface area contributed by atoms with E-state index in [2.05, 4.69) is 45.7 Å². The molecule has 0 radical (unpaired) electrons.